The minimum Gasteiger partial charge on any atom is -0.360 e. The zero-order valence-electron chi connectivity index (χ0n) is 12.1. The third-order valence-electron chi connectivity index (χ3n) is 3.45. The molecule has 1 heterocycles. The number of hydrogen-bond acceptors (Lipinski definition) is 4. The van der Waals surface area contributed by atoms with Gasteiger partial charge in [-0.2, -0.15) is 4.72 Å². The molecule has 0 bridgehead atoms. The Balaban J connectivity index is 1.83. The second kappa shape index (κ2) is 5.84. The normalized spacial score (nSPS) is 18.6. The van der Waals surface area contributed by atoms with Gasteiger partial charge in [-0.1, -0.05) is 29.8 Å². The zero-order chi connectivity index (χ0) is 16.6. The third-order valence-corrected chi connectivity index (χ3v) is 5.34. The molecule has 1 aliphatic rings. The Morgan fingerprint density at radius 3 is 2.70 bits per heavy atom. The highest BCUT2D eigenvalue weighted by Crippen LogP contribution is 2.26. The van der Waals surface area contributed by atoms with E-state index in [-0.39, 0.29) is 4.90 Å². The van der Waals surface area contributed by atoms with Crippen molar-refractivity contribution in [2.75, 3.05) is 10.6 Å². The molecule has 3 rings (SSSR count). The van der Waals surface area contributed by atoms with E-state index in [9.17, 15) is 13.2 Å². The van der Waals surface area contributed by atoms with Crippen LogP contribution in [0.15, 0.2) is 47.4 Å². The summed E-state index contributed by atoms with van der Waals surface area (Å²) in [5.74, 6) is -0.525. The van der Waals surface area contributed by atoms with Crippen LogP contribution in [0, 0.1) is 6.92 Å². The molecule has 0 aromatic heterocycles. The highest BCUT2D eigenvalue weighted by atomic mass is 35.5. The van der Waals surface area contributed by atoms with E-state index in [4.69, 9.17) is 11.6 Å². The number of rotatable bonds is 2. The third kappa shape index (κ3) is 3.17. The van der Waals surface area contributed by atoms with Crippen LogP contribution < -0.4 is 15.4 Å². The number of anilines is 2. The Morgan fingerprint density at radius 1 is 1.22 bits per heavy atom. The molecule has 0 saturated heterocycles. The summed E-state index contributed by atoms with van der Waals surface area (Å²) in [6.07, 6.45) is -1.10. The minimum atomic E-state index is -3.74. The molecule has 8 heteroatoms. The molecule has 0 radical (unpaired) electrons. The summed E-state index contributed by atoms with van der Waals surface area (Å²) >= 11 is 6.02. The second-order valence-corrected chi connectivity index (χ2v) is 7.24. The fourth-order valence-corrected chi connectivity index (χ4v) is 3.69. The molecule has 120 valence electrons. The summed E-state index contributed by atoms with van der Waals surface area (Å²) in [6, 6.07) is 11.5. The summed E-state index contributed by atoms with van der Waals surface area (Å²) in [4.78, 5) is 12.4. The number of amides is 1. The van der Waals surface area contributed by atoms with Crippen LogP contribution in [0.25, 0.3) is 0 Å². The van der Waals surface area contributed by atoms with Gasteiger partial charge in [0.05, 0.1) is 5.69 Å². The average Bonchev–Trinajstić information content (AvgIpc) is 2.50. The first kappa shape index (κ1) is 15.8. The number of carbonyl (C=O) groups excluding carboxylic acids is 1. The Bertz CT molecular complexity index is 883. The van der Waals surface area contributed by atoms with Crippen LogP contribution in [0.1, 0.15) is 5.56 Å². The van der Waals surface area contributed by atoms with E-state index in [2.05, 4.69) is 15.4 Å². The summed E-state index contributed by atoms with van der Waals surface area (Å²) < 4.78 is 26.7. The van der Waals surface area contributed by atoms with E-state index in [0.29, 0.717) is 16.4 Å². The Hall–Kier alpha value is -2.09. The van der Waals surface area contributed by atoms with Gasteiger partial charge in [0.1, 0.15) is 4.90 Å². The number of benzene rings is 2. The maximum atomic E-state index is 12.3. The summed E-state index contributed by atoms with van der Waals surface area (Å²) in [5.41, 5.74) is 1.76. The molecule has 1 amide bonds. The molecule has 3 N–H and O–H groups in total. The van der Waals surface area contributed by atoms with Crippen LogP contribution in [0.4, 0.5) is 11.4 Å². The first-order chi connectivity index (χ1) is 10.9. The molecule has 0 unspecified atom stereocenters. The number of aryl methyl sites for hydroxylation is 1. The minimum absolute atomic E-state index is 0.113. The van der Waals surface area contributed by atoms with E-state index in [0.717, 1.165) is 5.56 Å². The Morgan fingerprint density at radius 2 is 1.96 bits per heavy atom. The number of para-hydroxylation sites is 1. The second-order valence-electron chi connectivity index (χ2n) is 5.15. The van der Waals surface area contributed by atoms with E-state index < -0.39 is 22.1 Å². The standard InChI is InChI=1S/C15H14ClN3O3S/c1-9-6-7-10(8-11(9)16)17-15(20)14-18-12-4-2-3-5-13(12)23(21,22)19-14/h2-8,14,18-19H,1H3,(H,17,20)/t14-/m0/s1. The van der Waals surface area contributed by atoms with E-state index >= 15 is 0 Å². The molecule has 0 saturated carbocycles. The van der Waals surface area contributed by atoms with Gasteiger partial charge in [0.25, 0.3) is 5.91 Å². The van der Waals surface area contributed by atoms with E-state index in [1.165, 1.54) is 6.07 Å². The highest BCUT2D eigenvalue weighted by Gasteiger charge is 2.32. The summed E-state index contributed by atoms with van der Waals surface area (Å²) in [7, 11) is -3.74. The van der Waals surface area contributed by atoms with Crippen molar-refractivity contribution in [3.63, 3.8) is 0 Å². The van der Waals surface area contributed by atoms with Crippen molar-refractivity contribution >= 4 is 38.9 Å². The van der Waals surface area contributed by atoms with Gasteiger partial charge < -0.3 is 10.6 Å². The Labute approximate surface area is 138 Å². The summed E-state index contributed by atoms with van der Waals surface area (Å²) in [5, 5.41) is 6.02. The van der Waals surface area contributed by atoms with Crippen molar-refractivity contribution in [3.05, 3.63) is 53.1 Å². The van der Waals surface area contributed by atoms with E-state index in [1.807, 2.05) is 6.92 Å². The fraction of sp³-hybridized carbons (Fsp3) is 0.133. The van der Waals surface area contributed by atoms with Gasteiger partial charge >= 0.3 is 0 Å². The van der Waals surface area contributed by atoms with Crippen molar-refractivity contribution in [3.8, 4) is 0 Å². The number of fused-ring (bicyclic) bond motifs is 1. The molecular formula is C15H14ClN3O3S. The molecule has 0 aliphatic carbocycles. The van der Waals surface area contributed by atoms with Gasteiger partial charge in [0.2, 0.25) is 10.0 Å². The largest absolute Gasteiger partial charge is 0.360 e. The van der Waals surface area contributed by atoms with Gasteiger partial charge in [-0.3, -0.25) is 4.79 Å². The van der Waals surface area contributed by atoms with Crippen molar-refractivity contribution < 1.29 is 13.2 Å². The molecule has 2 aromatic rings. The van der Waals surface area contributed by atoms with Gasteiger partial charge in [0.15, 0.2) is 6.17 Å². The predicted octanol–water partition coefficient (Wildman–Crippen LogP) is 2.32. The van der Waals surface area contributed by atoms with Crippen LogP contribution in [0.3, 0.4) is 0 Å². The molecule has 23 heavy (non-hydrogen) atoms. The van der Waals surface area contributed by atoms with Crippen molar-refractivity contribution in [1.82, 2.24) is 4.72 Å². The molecule has 2 aromatic carbocycles. The number of halogens is 1. The van der Waals surface area contributed by atoms with Crippen LogP contribution in [-0.4, -0.2) is 20.5 Å². The Kier molecular flexibility index (Phi) is 4.01. The molecule has 0 fully saturated rings. The lowest BCUT2D eigenvalue weighted by Crippen LogP contribution is -2.51. The van der Waals surface area contributed by atoms with Crippen molar-refractivity contribution in [1.29, 1.82) is 0 Å². The molecule has 1 aliphatic heterocycles. The van der Waals surface area contributed by atoms with Crippen molar-refractivity contribution in [2.45, 2.75) is 18.0 Å². The number of nitrogens with one attached hydrogen (secondary N) is 3. The molecule has 6 nitrogen and oxygen atoms in total. The van der Waals surface area contributed by atoms with Gasteiger partial charge in [0, 0.05) is 10.7 Å². The maximum absolute atomic E-state index is 12.3. The lowest BCUT2D eigenvalue weighted by molar-refractivity contribution is -0.117. The summed E-state index contributed by atoms with van der Waals surface area (Å²) in [6.45, 7) is 1.85. The maximum Gasteiger partial charge on any atom is 0.262 e. The fourth-order valence-electron chi connectivity index (χ4n) is 2.23. The van der Waals surface area contributed by atoms with Gasteiger partial charge in [-0.05, 0) is 36.8 Å². The lowest BCUT2D eigenvalue weighted by Gasteiger charge is -2.27. The number of hydrogen-bond donors (Lipinski definition) is 3. The van der Waals surface area contributed by atoms with Crippen LogP contribution in [0.5, 0.6) is 0 Å². The molecular weight excluding hydrogens is 338 g/mol. The van der Waals surface area contributed by atoms with E-state index in [1.54, 1.807) is 36.4 Å². The van der Waals surface area contributed by atoms with Crippen LogP contribution in [-0.2, 0) is 14.8 Å². The average molecular weight is 352 g/mol. The van der Waals surface area contributed by atoms with Gasteiger partial charge in [-0.15, -0.1) is 0 Å². The zero-order valence-corrected chi connectivity index (χ0v) is 13.7. The quantitative estimate of drug-likeness (QED) is 0.774. The predicted molar refractivity (Wildman–Crippen MR) is 89.0 cm³/mol. The number of sulfonamides is 1. The lowest BCUT2D eigenvalue weighted by atomic mass is 10.2. The van der Waals surface area contributed by atoms with Crippen LogP contribution >= 0.6 is 11.6 Å². The SMILES string of the molecule is Cc1ccc(NC(=O)[C@H]2Nc3ccccc3S(=O)(=O)N2)cc1Cl. The number of carbonyl (C=O) groups is 1. The van der Waals surface area contributed by atoms with Crippen molar-refractivity contribution in [2.24, 2.45) is 0 Å². The van der Waals surface area contributed by atoms with Gasteiger partial charge in [-0.25, -0.2) is 8.42 Å². The molecule has 1 atom stereocenters. The topological polar surface area (TPSA) is 87.3 Å². The van der Waals surface area contributed by atoms with Crippen LogP contribution in [0.2, 0.25) is 5.02 Å². The molecule has 0 spiro atoms. The first-order valence-electron chi connectivity index (χ1n) is 6.82. The monoisotopic (exact) mass is 351 g/mol. The first-order valence-corrected chi connectivity index (χ1v) is 8.68. The smallest absolute Gasteiger partial charge is 0.262 e. The highest BCUT2D eigenvalue weighted by molar-refractivity contribution is 7.89.